The maximum Gasteiger partial charge on any atom is 0.247 e. The molecule has 0 saturated carbocycles. The van der Waals surface area contributed by atoms with E-state index in [1.54, 1.807) is 38.2 Å². The van der Waals surface area contributed by atoms with E-state index >= 15 is 0 Å². The lowest BCUT2D eigenvalue weighted by Crippen LogP contribution is -2.48. The van der Waals surface area contributed by atoms with E-state index in [-0.39, 0.29) is 14.6 Å². The van der Waals surface area contributed by atoms with Crippen molar-refractivity contribution in [3.05, 3.63) is 36.5 Å². The van der Waals surface area contributed by atoms with Gasteiger partial charge in [-0.1, -0.05) is 0 Å². The lowest BCUT2D eigenvalue weighted by atomic mass is 10.0. The number of nitrogens with one attached hydrogen (secondary N) is 2. The van der Waals surface area contributed by atoms with Crippen molar-refractivity contribution < 1.29 is 12.0 Å². The van der Waals surface area contributed by atoms with Crippen LogP contribution in [0.1, 0.15) is 23.6 Å². The summed E-state index contributed by atoms with van der Waals surface area (Å²) in [6, 6.07) is 3.70. The lowest BCUT2D eigenvalue weighted by Gasteiger charge is -2.30. The van der Waals surface area contributed by atoms with Crippen molar-refractivity contribution in [1.82, 2.24) is 24.8 Å². The number of amides is 1. The second-order valence-electron chi connectivity index (χ2n) is 6.56. The molecule has 0 spiro atoms. The van der Waals surface area contributed by atoms with E-state index in [0.29, 0.717) is 23.6 Å². The van der Waals surface area contributed by atoms with Gasteiger partial charge in [0.1, 0.15) is 11.2 Å². The minimum Gasteiger partial charge on any atom is -0.354 e. The van der Waals surface area contributed by atoms with Crippen LogP contribution in [-0.4, -0.2) is 49.9 Å². The SMILES string of the molecule is CCN(C)C(=O)C(C)(C)Nc1nc(-c2c[nH]c3ncccc23)ncc1F.[HH].[HH]. The van der Waals surface area contributed by atoms with Crippen molar-refractivity contribution in [2.24, 2.45) is 0 Å². The summed E-state index contributed by atoms with van der Waals surface area (Å²) >= 11 is 0. The molecule has 0 aliphatic rings. The summed E-state index contributed by atoms with van der Waals surface area (Å²) < 4.78 is 14.3. The highest BCUT2D eigenvalue weighted by Gasteiger charge is 2.31. The second-order valence-corrected chi connectivity index (χ2v) is 6.56. The fourth-order valence-corrected chi connectivity index (χ4v) is 2.70. The minimum atomic E-state index is -1.01. The Morgan fingerprint density at radius 2 is 2.19 bits per heavy atom. The van der Waals surface area contributed by atoms with E-state index < -0.39 is 11.4 Å². The number of anilines is 1. The summed E-state index contributed by atoms with van der Waals surface area (Å²) in [5.41, 5.74) is 0.398. The van der Waals surface area contributed by atoms with Gasteiger partial charge in [0.2, 0.25) is 5.91 Å². The van der Waals surface area contributed by atoms with E-state index in [1.807, 2.05) is 19.1 Å². The van der Waals surface area contributed by atoms with Crippen molar-refractivity contribution in [2.45, 2.75) is 26.3 Å². The molecular formula is C18H25FN6O. The second kappa shape index (κ2) is 6.70. The summed E-state index contributed by atoms with van der Waals surface area (Å²) in [7, 11) is 1.70. The van der Waals surface area contributed by atoms with Crippen molar-refractivity contribution in [3.8, 4) is 11.4 Å². The number of hydrogen-bond donors (Lipinski definition) is 2. The number of rotatable bonds is 5. The van der Waals surface area contributed by atoms with Gasteiger partial charge >= 0.3 is 0 Å². The quantitative estimate of drug-likeness (QED) is 0.729. The molecule has 7 nitrogen and oxygen atoms in total. The first kappa shape index (κ1) is 17.8. The smallest absolute Gasteiger partial charge is 0.247 e. The Morgan fingerprint density at radius 3 is 2.92 bits per heavy atom. The van der Waals surface area contributed by atoms with Crippen LogP contribution < -0.4 is 5.32 Å². The maximum atomic E-state index is 14.3. The molecule has 0 atom stereocenters. The van der Waals surface area contributed by atoms with Crippen molar-refractivity contribution in [1.29, 1.82) is 0 Å². The van der Waals surface area contributed by atoms with Crippen molar-refractivity contribution in [2.75, 3.05) is 18.9 Å². The lowest BCUT2D eigenvalue weighted by molar-refractivity contribution is -0.133. The number of halogens is 1. The third kappa shape index (κ3) is 3.22. The van der Waals surface area contributed by atoms with Gasteiger partial charge in [-0.15, -0.1) is 0 Å². The monoisotopic (exact) mass is 360 g/mol. The van der Waals surface area contributed by atoms with Crippen LogP contribution in [0.5, 0.6) is 0 Å². The summed E-state index contributed by atoms with van der Waals surface area (Å²) in [6.07, 6.45) is 4.51. The third-order valence-corrected chi connectivity index (χ3v) is 4.22. The van der Waals surface area contributed by atoms with E-state index in [0.717, 1.165) is 11.6 Å². The molecule has 26 heavy (non-hydrogen) atoms. The zero-order valence-electron chi connectivity index (χ0n) is 15.2. The van der Waals surface area contributed by atoms with Gasteiger partial charge in [-0.3, -0.25) is 4.79 Å². The zero-order chi connectivity index (χ0) is 18.9. The first-order chi connectivity index (χ1) is 12.3. The molecule has 3 aromatic heterocycles. The molecule has 140 valence electrons. The summed E-state index contributed by atoms with van der Waals surface area (Å²) in [5, 5.41) is 3.75. The van der Waals surface area contributed by atoms with Gasteiger partial charge in [0.15, 0.2) is 17.5 Å². The predicted octanol–water partition coefficient (Wildman–Crippen LogP) is 3.32. The Labute approximate surface area is 153 Å². The first-order valence-corrected chi connectivity index (χ1v) is 8.32. The zero-order valence-corrected chi connectivity index (χ0v) is 15.2. The summed E-state index contributed by atoms with van der Waals surface area (Å²) in [6.45, 7) is 5.82. The Balaban J connectivity index is 0.00000196. The molecule has 0 fully saturated rings. The average Bonchev–Trinajstić information content (AvgIpc) is 3.06. The number of carbonyl (C=O) groups excluding carboxylic acids is 1. The van der Waals surface area contributed by atoms with Crippen LogP contribution in [0.3, 0.4) is 0 Å². The topological polar surface area (TPSA) is 86.8 Å². The van der Waals surface area contributed by atoms with E-state index in [4.69, 9.17) is 0 Å². The molecule has 0 saturated heterocycles. The normalized spacial score (nSPS) is 11.6. The highest BCUT2D eigenvalue weighted by Crippen LogP contribution is 2.27. The maximum absolute atomic E-state index is 14.3. The molecule has 3 aromatic rings. The van der Waals surface area contributed by atoms with Crippen LogP contribution in [0.4, 0.5) is 10.2 Å². The van der Waals surface area contributed by atoms with Crippen LogP contribution >= 0.6 is 0 Å². The molecular weight excluding hydrogens is 335 g/mol. The number of H-pyrrole nitrogens is 1. The van der Waals surface area contributed by atoms with Crippen molar-refractivity contribution in [3.63, 3.8) is 0 Å². The number of aromatic nitrogens is 4. The fourth-order valence-electron chi connectivity index (χ4n) is 2.70. The van der Waals surface area contributed by atoms with Gasteiger partial charge in [0.25, 0.3) is 0 Å². The van der Waals surface area contributed by atoms with Crippen LogP contribution in [0, 0.1) is 5.82 Å². The number of hydrogen-bond acceptors (Lipinski definition) is 5. The van der Waals surface area contributed by atoms with Gasteiger partial charge in [-0.05, 0) is 32.9 Å². The standard InChI is InChI=1S/C18H21FN6O.2H2/c1-5-25(4)17(26)18(2,3)24-16-13(19)10-22-15(23-16)12-9-21-14-11(12)7-6-8-20-14;;/h6-10H,5H2,1-4H3,(H,20,21)(H,22,23,24);2*1H. The van der Waals surface area contributed by atoms with E-state index in [9.17, 15) is 9.18 Å². The molecule has 0 radical (unpaired) electrons. The minimum absolute atomic E-state index is 0. The number of aromatic amines is 1. The molecule has 0 aromatic carbocycles. The molecule has 8 heteroatoms. The first-order valence-electron chi connectivity index (χ1n) is 8.32. The fraction of sp³-hybridized carbons (Fsp3) is 0.333. The third-order valence-electron chi connectivity index (χ3n) is 4.22. The Kier molecular flexibility index (Phi) is 4.58. The molecule has 0 aliphatic heterocycles. The number of carbonyl (C=O) groups is 1. The van der Waals surface area contributed by atoms with Crippen LogP contribution in [0.2, 0.25) is 0 Å². The summed E-state index contributed by atoms with van der Waals surface area (Å²) in [5.74, 6) is -0.445. The van der Waals surface area contributed by atoms with E-state index in [2.05, 4.69) is 25.3 Å². The van der Waals surface area contributed by atoms with Gasteiger partial charge in [0.05, 0.1) is 6.20 Å². The Morgan fingerprint density at radius 1 is 1.42 bits per heavy atom. The van der Waals surface area contributed by atoms with Gasteiger partial charge in [-0.2, -0.15) is 0 Å². The van der Waals surface area contributed by atoms with Crippen LogP contribution in [-0.2, 0) is 4.79 Å². The van der Waals surface area contributed by atoms with E-state index in [1.165, 1.54) is 0 Å². The molecule has 0 bridgehead atoms. The molecule has 1 amide bonds. The predicted molar refractivity (Wildman–Crippen MR) is 102 cm³/mol. The molecule has 0 unspecified atom stereocenters. The highest BCUT2D eigenvalue weighted by molar-refractivity contribution is 5.92. The Bertz CT molecular complexity index is 962. The van der Waals surface area contributed by atoms with Gasteiger partial charge in [0, 0.05) is 39.8 Å². The molecule has 3 heterocycles. The van der Waals surface area contributed by atoms with Crippen molar-refractivity contribution >= 4 is 22.8 Å². The average molecular weight is 360 g/mol. The van der Waals surface area contributed by atoms with Crippen LogP contribution in [0.15, 0.2) is 30.7 Å². The summed E-state index contributed by atoms with van der Waals surface area (Å²) in [4.78, 5) is 29.7. The van der Waals surface area contributed by atoms with Gasteiger partial charge in [-0.25, -0.2) is 19.3 Å². The molecule has 3 rings (SSSR count). The Hall–Kier alpha value is -3.03. The number of pyridine rings is 1. The number of nitrogens with zero attached hydrogens (tertiary/aromatic N) is 4. The number of fused-ring (bicyclic) bond motifs is 1. The van der Waals surface area contributed by atoms with Crippen LogP contribution in [0.25, 0.3) is 22.4 Å². The highest BCUT2D eigenvalue weighted by atomic mass is 19.1. The molecule has 0 aliphatic carbocycles. The molecule has 2 N–H and O–H groups in total. The number of likely N-dealkylation sites (N-methyl/N-ethyl adjacent to an activating group) is 1. The van der Waals surface area contributed by atoms with Gasteiger partial charge < -0.3 is 15.2 Å². The largest absolute Gasteiger partial charge is 0.354 e.